The van der Waals surface area contributed by atoms with Crippen molar-refractivity contribution in [2.24, 2.45) is 0 Å². The van der Waals surface area contributed by atoms with Gasteiger partial charge < -0.3 is 15.2 Å². The first kappa shape index (κ1) is 23.4. The summed E-state index contributed by atoms with van der Waals surface area (Å²) in [6, 6.07) is 21.5. The van der Waals surface area contributed by atoms with Gasteiger partial charge in [0.1, 0.15) is 11.4 Å². The van der Waals surface area contributed by atoms with Crippen LogP contribution >= 0.6 is 11.3 Å². The van der Waals surface area contributed by atoms with Crippen molar-refractivity contribution in [3.8, 4) is 33.5 Å². The van der Waals surface area contributed by atoms with Crippen molar-refractivity contribution in [3.63, 3.8) is 0 Å². The second kappa shape index (κ2) is 9.64. The van der Waals surface area contributed by atoms with Gasteiger partial charge in [0, 0.05) is 11.3 Å². The number of thiazole rings is 1. The van der Waals surface area contributed by atoms with Gasteiger partial charge in [-0.15, -0.1) is 0 Å². The number of anilines is 1. The average Bonchev–Trinajstić information content (AvgIpc) is 3.24. The Morgan fingerprint density at radius 3 is 2.50 bits per heavy atom. The number of nitrogens with two attached hydrogens (primary N) is 1. The van der Waals surface area contributed by atoms with E-state index in [9.17, 15) is 5.26 Å². The highest BCUT2D eigenvalue weighted by molar-refractivity contribution is 7.19. The van der Waals surface area contributed by atoms with E-state index in [4.69, 9.17) is 20.2 Å². The molecule has 2 heterocycles. The van der Waals surface area contributed by atoms with E-state index in [0.717, 1.165) is 44.4 Å². The van der Waals surface area contributed by atoms with Crippen molar-refractivity contribution in [3.05, 3.63) is 83.2 Å². The third kappa shape index (κ3) is 5.09. The first-order valence-corrected chi connectivity index (χ1v) is 11.6. The van der Waals surface area contributed by atoms with Gasteiger partial charge in [-0.3, -0.25) is 4.98 Å². The summed E-state index contributed by atoms with van der Waals surface area (Å²) in [5.74, 6) is 0.813. The summed E-state index contributed by atoms with van der Waals surface area (Å²) in [6.07, 6.45) is 0. The third-order valence-corrected chi connectivity index (χ3v) is 6.43. The fourth-order valence-electron chi connectivity index (χ4n) is 3.63. The summed E-state index contributed by atoms with van der Waals surface area (Å²) in [5.41, 5.74) is 11.4. The molecule has 0 amide bonds. The number of benzene rings is 2. The quantitative estimate of drug-likeness (QED) is 0.351. The summed E-state index contributed by atoms with van der Waals surface area (Å²) in [5, 5.41) is 9.77. The Kier molecular flexibility index (Phi) is 6.64. The molecule has 0 unspecified atom stereocenters. The van der Waals surface area contributed by atoms with E-state index in [1.165, 1.54) is 11.3 Å². The number of methoxy groups -OCH3 is 1. The Balaban J connectivity index is 1.66. The van der Waals surface area contributed by atoms with E-state index in [1.807, 2.05) is 75.4 Å². The van der Waals surface area contributed by atoms with Crippen LogP contribution in [0.4, 0.5) is 5.13 Å². The zero-order chi connectivity index (χ0) is 24.3. The highest BCUT2D eigenvalue weighted by Crippen LogP contribution is 2.40. The van der Waals surface area contributed by atoms with Crippen LogP contribution in [-0.4, -0.2) is 17.1 Å². The van der Waals surface area contributed by atoms with E-state index in [0.29, 0.717) is 17.3 Å². The predicted octanol–water partition coefficient (Wildman–Crippen LogP) is 6.09. The van der Waals surface area contributed by atoms with Crippen molar-refractivity contribution in [1.29, 1.82) is 5.26 Å². The molecular weight excluding hydrogens is 444 g/mol. The van der Waals surface area contributed by atoms with Gasteiger partial charge in [0.25, 0.3) is 0 Å². The molecule has 7 heteroatoms. The summed E-state index contributed by atoms with van der Waals surface area (Å²) in [7, 11) is 1.65. The smallest absolute Gasteiger partial charge is 0.181 e. The standard InChI is InChI=1S/C27H26N4O2S/c1-17-12-21(25-24(31-26(29)34-25)20-7-5-6-19(13-20)15-28)14-23(30-17)27(2,3)33-16-18-8-10-22(32-4)11-9-18/h5-14H,16H2,1-4H3,(H2,29,31). The van der Waals surface area contributed by atoms with Gasteiger partial charge in [-0.1, -0.05) is 35.6 Å². The molecule has 4 rings (SSSR count). The SMILES string of the molecule is COc1ccc(COC(C)(C)c2cc(-c3sc(N)nc3-c3cccc(C#N)c3)cc(C)n2)cc1. The lowest BCUT2D eigenvalue weighted by atomic mass is 9.99. The van der Waals surface area contributed by atoms with Crippen LogP contribution in [0.1, 0.15) is 36.4 Å². The second-order valence-corrected chi connectivity index (χ2v) is 9.48. The highest BCUT2D eigenvalue weighted by atomic mass is 32.1. The Morgan fingerprint density at radius 2 is 1.79 bits per heavy atom. The lowest BCUT2D eigenvalue weighted by molar-refractivity contribution is -0.0368. The monoisotopic (exact) mass is 470 g/mol. The van der Waals surface area contributed by atoms with Crippen LogP contribution in [0.15, 0.2) is 60.7 Å². The maximum atomic E-state index is 9.30. The molecule has 34 heavy (non-hydrogen) atoms. The molecular formula is C27H26N4O2S. The first-order chi connectivity index (χ1) is 16.3. The Hall–Kier alpha value is -3.73. The number of rotatable bonds is 7. The number of nitriles is 1. The second-order valence-electron chi connectivity index (χ2n) is 8.45. The fourth-order valence-corrected chi connectivity index (χ4v) is 4.47. The van der Waals surface area contributed by atoms with Crippen molar-refractivity contribution >= 4 is 16.5 Å². The van der Waals surface area contributed by atoms with Crippen molar-refractivity contribution in [2.45, 2.75) is 33.0 Å². The minimum Gasteiger partial charge on any atom is -0.497 e. The van der Waals surface area contributed by atoms with E-state index >= 15 is 0 Å². The molecule has 0 bridgehead atoms. The summed E-state index contributed by atoms with van der Waals surface area (Å²) in [6.45, 7) is 6.44. The minimum atomic E-state index is -0.627. The normalized spacial score (nSPS) is 11.3. The summed E-state index contributed by atoms with van der Waals surface area (Å²) in [4.78, 5) is 10.3. The number of aryl methyl sites for hydroxylation is 1. The minimum absolute atomic E-state index is 0.446. The first-order valence-electron chi connectivity index (χ1n) is 10.8. The molecule has 0 atom stereocenters. The lowest BCUT2D eigenvalue weighted by Crippen LogP contribution is -2.23. The van der Waals surface area contributed by atoms with Gasteiger partial charge in [-0.2, -0.15) is 5.26 Å². The van der Waals surface area contributed by atoms with Crippen LogP contribution in [0, 0.1) is 18.3 Å². The van der Waals surface area contributed by atoms with E-state index in [2.05, 4.69) is 11.1 Å². The molecule has 0 radical (unpaired) electrons. The number of nitrogen functional groups attached to an aromatic ring is 1. The van der Waals surface area contributed by atoms with Crippen molar-refractivity contribution in [2.75, 3.05) is 12.8 Å². The maximum Gasteiger partial charge on any atom is 0.181 e. The van der Waals surface area contributed by atoms with Crippen molar-refractivity contribution in [1.82, 2.24) is 9.97 Å². The van der Waals surface area contributed by atoms with Crippen molar-refractivity contribution < 1.29 is 9.47 Å². The van der Waals surface area contributed by atoms with Gasteiger partial charge in [0.2, 0.25) is 0 Å². The molecule has 2 N–H and O–H groups in total. The van der Waals surface area contributed by atoms with Crippen LogP contribution in [0.5, 0.6) is 5.75 Å². The molecule has 2 aromatic heterocycles. The van der Waals surface area contributed by atoms with Crippen LogP contribution in [0.3, 0.4) is 0 Å². The number of aromatic nitrogens is 2. The molecule has 0 fully saturated rings. The van der Waals surface area contributed by atoms with Gasteiger partial charge in [0.05, 0.1) is 41.6 Å². The van der Waals surface area contributed by atoms with E-state index in [-0.39, 0.29) is 0 Å². The molecule has 0 aliphatic rings. The predicted molar refractivity (Wildman–Crippen MR) is 135 cm³/mol. The number of ether oxygens (including phenoxy) is 2. The van der Waals surface area contributed by atoms with Crippen LogP contribution < -0.4 is 10.5 Å². The van der Waals surface area contributed by atoms with Gasteiger partial charge >= 0.3 is 0 Å². The number of nitrogens with zero attached hydrogens (tertiary/aromatic N) is 3. The van der Waals surface area contributed by atoms with E-state index < -0.39 is 5.60 Å². The van der Waals surface area contributed by atoms with Crippen LogP contribution in [0.25, 0.3) is 21.7 Å². The molecule has 172 valence electrons. The zero-order valence-corrected chi connectivity index (χ0v) is 20.4. The van der Waals surface area contributed by atoms with Gasteiger partial charge in [-0.25, -0.2) is 4.98 Å². The molecule has 0 saturated heterocycles. The number of pyridine rings is 1. The van der Waals surface area contributed by atoms with Crippen LogP contribution in [0.2, 0.25) is 0 Å². The van der Waals surface area contributed by atoms with Gasteiger partial charge in [0.15, 0.2) is 5.13 Å². The Bertz CT molecular complexity index is 1350. The molecule has 0 aliphatic heterocycles. The Morgan fingerprint density at radius 1 is 1.03 bits per heavy atom. The highest BCUT2D eigenvalue weighted by Gasteiger charge is 2.25. The lowest BCUT2D eigenvalue weighted by Gasteiger charge is -2.26. The average molecular weight is 471 g/mol. The maximum absolute atomic E-state index is 9.30. The molecule has 0 spiro atoms. The molecule has 2 aromatic carbocycles. The fraction of sp³-hybridized carbons (Fsp3) is 0.222. The van der Waals surface area contributed by atoms with E-state index in [1.54, 1.807) is 13.2 Å². The number of hydrogen-bond donors (Lipinski definition) is 1. The largest absolute Gasteiger partial charge is 0.497 e. The summed E-state index contributed by atoms with van der Waals surface area (Å²) < 4.78 is 11.5. The topological polar surface area (TPSA) is 94.0 Å². The Labute approximate surface area is 203 Å². The van der Waals surface area contributed by atoms with Gasteiger partial charge in [-0.05, 0) is 68.3 Å². The zero-order valence-electron chi connectivity index (χ0n) is 19.6. The molecule has 6 nitrogen and oxygen atoms in total. The summed E-state index contributed by atoms with van der Waals surface area (Å²) >= 11 is 1.42. The van der Waals surface area contributed by atoms with Crippen LogP contribution in [-0.2, 0) is 16.9 Å². The molecule has 4 aromatic rings. The molecule has 0 saturated carbocycles. The third-order valence-electron chi connectivity index (χ3n) is 5.50. The molecule has 0 aliphatic carbocycles. The number of hydrogen-bond acceptors (Lipinski definition) is 7.